The minimum atomic E-state index is -0.467. The van der Waals surface area contributed by atoms with Crippen molar-refractivity contribution >= 4 is 12.1 Å². The Bertz CT molecular complexity index is 640. The molecule has 0 unspecified atom stereocenters. The van der Waals surface area contributed by atoms with E-state index in [0.717, 1.165) is 78.0 Å². The van der Waals surface area contributed by atoms with Gasteiger partial charge < -0.3 is 38.4 Å². The van der Waals surface area contributed by atoms with Gasteiger partial charge in [-0.05, 0) is 52.9 Å². The van der Waals surface area contributed by atoms with Gasteiger partial charge in [0, 0.05) is 79.3 Å². The van der Waals surface area contributed by atoms with Crippen LogP contribution in [0.5, 0.6) is 0 Å². The number of hydrogen-bond acceptors (Lipinski definition) is 9. The summed E-state index contributed by atoms with van der Waals surface area (Å²) in [4.78, 5) is 30.2. The van der Waals surface area contributed by atoms with Gasteiger partial charge in [-0.15, -0.1) is 0 Å². The minimum Gasteiger partial charge on any atom is -0.467 e. The molecule has 1 amide bonds. The Morgan fingerprint density at radius 1 is 0.806 bits per heavy atom. The smallest absolute Gasteiger partial charge is 0.410 e. The van der Waals surface area contributed by atoms with Gasteiger partial charge in [0.1, 0.15) is 12.2 Å². The fourth-order valence-electron chi connectivity index (χ4n) is 4.55. The van der Waals surface area contributed by atoms with Gasteiger partial charge in [0.2, 0.25) is 0 Å². The SMILES string of the molecule is COC(=O)COCCCOCCCN1CCN(CCC2(OC)CCN(C(=O)OC(C)(C)C)CC2)CC1. The van der Waals surface area contributed by atoms with Gasteiger partial charge in [-0.1, -0.05) is 0 Å². The van der Waals surface area contributed by atoms with E-state index < -0.39 is 5.60 Å². The van der Waals surface area contributed by atoms with Crippen molar-refractivity contribution in [3.05, 3.63) is 0 Å². The number of methoxy groups -OCH3 is 2. The molecule has 0 aromatic heterocycles. The molecule has 0 aromatic rings. The number of piperidine rings is 1. The summed E-state index contributed by atoms with van der Waals surface area (Å²) in [5, 5.41) is 0. The van der Waals surface area contributed by atoms with Gasteiger partial charge in [-0.3, -0.25) is 0 Å². The van der Waals surface area contributed by atoms with Crippen molar-refractivity contribution in [2.45, 2.75) is 64.1 Å². The average molecular weight is 516 g/mol. The number of hydrogen-bond donors (Lipinski definition) is 0. The maximum atomic E-state index is 12.4. The molecule has 0 N–H and O–H groups in total. The molecule has 2 rings (SSSR count). The number of carbonyl (C=O) groups is 2. The minimum absolute atomic E-state index is 0.00162. The van der Waals surface area contributed by atoms with E-state index in [9.17, 15) is 9.59 Å². The second kappa shape index (κ2) is 15.7. The van der Waals surface area contributed by atoms with Gasteiger partial charge in [-0.2, -0.15) is 0 Å². The Morgan fingerprint density at radius 3 is 1.97 bits per heavy atom. The molecule has 2 aliphatic heterocycles. The number of nitrogens with zero attached hydrogens (tertiary/aromatic N) is 3. The first-order valence-corrected chi connectivity index (χ1v) is 13.4. The monoisotopic (exact) mass is 515 g/mol. The third-order valence-electron chi connectivity index (χ3n) is 6.90. The Hall–Kier alpha value is -1.46. The normalized spacial score (nSPS) is 19.3. The third kappa shape index (κ3) is 11.7. The zero-order chi connectivity index (χ0) is 26.4. The van der Waals surface area contributed by atoms with E-state index in [-0.39, 0.29) is 24.3 Å². The number of piperazine rings is 1. The molecule has 10 nitrogen and oxygen atoms in total. The highest BCUT2D eigenvalue weighted by atomic mass is 16.6. The summed E-state index contributed by atoms with van der Waals surface area (Å²) in [5.41, 5.74) is -0.623. The lowest BCUT2D eigenvalue weighted by molar-refractivity contribution is -0.146. The van der Waals surface area contributed by atoms with Crippen LogP contribution < -0.4 is 0 Å². The number of esters is 1. The molecule has 2 aliphatic rings. The van der Waals surface area contributed by atoms with Crippen molar-refractivity contribution in [1.82, 2.24) is 14.7 Å². The van der Waals surface area contributed by atoms with E-state index in [1.807, 2.05) is 25.7 Å². The van der Waals surface area contributed by atoms with Crippen LogP contribution in [0.4, 0.5) is 4.79 Å². The van der Waals surface area contributed by atoms with Gasteiger partial charge in [0.05, 0.1) is 12.7 Å². The van der Waals surface area contributed by atoms with E-state index in [0.29, 0.717) is 26.3 Å². The molecule has 0 spiro atoms. The summed E-state index contributed by atoms with van der Waals surface area (Å²) in [5.74, 6) is -0.352. The van der Waals surface area contributed by atoms with Crippen LogP contribution >= 0.6 is 0 Å². The van der Waals surface area contributed by atoms with E-state index in [4.69, 9.17) is 18.9 Å². The topological polar surface area (TPSA) is 90.0 Å². The summed E-state index contributed by atoms with van der Waals surface area (Å²) in [6, 6.07) is 0. The highest BCUT2D eigenvalue weighted by Crippen LogP contribution is 2.30. The predicted octanol–water partition coefficient (Wildman–Crippen LogP) is 2.40. The molecular formula is C26H49N3O7. The second-order valence-electron chi connectivity index (χ2n) is 10.7. The van der Waals surface area contributed by atoms with Crippen LogP contribution in [0.2, 0.25) is 0 Å². The summed E-state index contributed by atoms with van der Waals surface area (Å²) in [7, 11) is 3.16. The van der Waals surface area contributed by atoms with Gasteiger partial charge in [0.15, 0.2) is 0 Å². The highest BCUT2D eigenvalue weighted by molar-refractivity contribution is 5.70. The van der Waals surface area contributed by atoms with Crippen LogP contribution in [0.1, 0.15) is 52.9 Å². The molecule has 2 heterocycles. The van der Waals surface area contributed by atoms with Gasteiger partial charge in [-0.25, -0.2) is 9.59 Å². The number of carbonyl (C=O) groups excluding carboxylic acids is 2. The summed E-state index contributed by atoms with van der Waals surface area (Å²) >= 11 is 0. The number of rotatable bonds is 14. The van der Waals surface area contributed by atoms with Crippen LogP contribution in [0, 0.1) is 0 Å². The van der Waals surface area contributed by atoms with Gasteiger partial charge in [0.25, 0.3) is 0 Å². The van der Waals surface area contributed by atoms with Crippen molar-refractivity contribution in [2.24, 2.45) is 0 Å². The van der Waals surface area contributed by atoms with Crippen LogP contribution in [0.3, 0.4) is 0 Å². The Balaban J connectivity index is 1.53. The standard InChI is InChI=1S/C26H49N3O7/c1-25(2,3)36-24(31)29-13-9-26(33-5,10-14-29)8-12-28-17-15-27(16-18-28)11-6-19-34-20-7-21-35-22-23(30)32-4/h6-22H2,1-5H3. The Kier molecular flexibility index (Phi) is 13.4. The first-order chi connectivity index (χ1) is 17.2. The molecule has 0 radical (unpaired) electrons. The maximum absolute atomic E-state index is 12.4. The van der Waals surface area contributed by atoms with E-state index in [1.165, 1.54) is 7.11 Å². The van der Waals surface area contributed by atoms with Crippen molar-refractivity contribution in [1.29, 1.82) is 0 Å². The third-order valence-corrected chi connectivity index (χ3v) is 6.90. The molecule has 0 atom stereocenters. The molecule has 2 saturated heterocycles. The Labute approximate surface area is 217 Å². The van der Waals surface area contributed by atoms with E-state index in [2.05, 4.69) is 14.5 Å². The van der Waals surface area contributed by atoms with E-state index in [1.54, 1.807) is 7.11 Å². The largest absolute Gasteiger partial charge is 0.467 e. The van der Waals surface area contributed by atoms with Crippen LogP contribution in [0.25, 0.3) is 0 Å². The molecule has 0 aliphatic carbocycles. The summed E-state index contributed by atoms with van der Waals surface area (Å²) < 4.78 is 26.9. The zero-order valence-electron chi connectivity index (χ0n) is 23.2. The maximum Gasteiger partial charge on any atom is 0.410 e. The molecular weight excluding hydrogens is 466 g/mol. The molecule has 10 heteroatoms. The second-order valence-corrected chi connectivity index (χ2v) is 10.7. The van der Waals surface area contributed by atoms with Crippen LogP contribution in [0.15, 0.2) is 0 Å². The van der Waals surface area contributed by atoms with Crippen molar-refractivity contribution < 1.29 is 33.3 Å². The lowest BCUT2D eigenvalue weighted by atomic mass is 9.87. The number of ether oxygens (including phenoxy) is 5. The molecule has 210 valence electrons. The molecule has 36 heavy (non-hydrogen) atoms. The number of likely N-dealkylation sites (tertiary alicyclic amines) is 1. The van der Waals surface area contributed by atoms with Crippen LogP contribution in [-0.2, 0) is 28.5 Å². The summed E-state index contributed by atoms with van der Waals surface area (Å²) in [6.45, 7) is 15.3. The predicted molar refractivity (Wildman–Crippen MR) is 137 cm³/mol. The summed E-state index contributed by atoms with van der Waals surface area (Å²) in [6.07, 6.45) is 4.25. The van der Waals surface area contributed by atoms with Crippen molar-refractivity contribution in [2.75, 3.05) is 93.0 Å². The highest BCUT2D eigenvalue weighted by Gasteiger charge is 2.37. The van der Waals surface area contributed by atoms with E-state index >= 15 is 0 Å². The first kappa shape index (κ1) is 30.8. The van der Waals surface area contributed by atoms with Crippen molar-refractivity contribution in [3.8, 4) is 0 Å². The molecule has 0 bridgehead atoms. The van der Waals surface area contributed by atoms with Gasteiger partial charge >= 0.3 is 12.1 Å². The van der Waals surface area contributed by atoms with Crippen molar-refractivity contribution in [3.63, 3.8) is 0 Å². The quantitative estimate of drug-likeness (QED) is 0.255. The lowest BCUT2D eigenvalue weighted by Crippen LogP contribution is -2.51. The lowest BCUT2D eigenvalue weighted by Gasteiger charge is -2.43. The Morgan fingerprint density at radius 2 is 1.39 bits per heavy atom. The molecule has 2 fully saturated rings. The molecule has 0 aromatic carbocycles. The molecule has 0 saturated carbocycles. The first-order valence-electron chi connectivity index (χ1n) is 13.4. The fourth-order valence-corrected chi connectivity index (χ4v) is 4.55. The average Bonchev–Trinajstić information content (AvgIpc) is 2.86. The zero-order valence-corrected chi connectivity index (χ0v) is 23.2. The fraction of sp³-hybridized carbons (Fsp3) is 0.923. The van der Waals surface area contributed by atoms with Crippen LogP contribution in [-0.4, -0.2) is 131 Å². The number of amides is 1.